The van der Waals surface area contributed by atoms with Crippen LogP contribution in [0, 0.1) is 5.92 Å². The molecule has 0 bridgehead atoms. The number of hydrogen-bond donors (Lipinski definition) is 0. The zero-order chi connectivity index (χ0) is 16.8. The Morgan fingerprint density at radius 2 is 1.96 bits per heavy atom. The summed E-state index contributed by atoms with van der Waals surface area (Å²) >= 11 is 0. The molecule has 4 heteroatoms. The molecule has 124 valence electrons. The molecular formula is C20H22N2O2. The third-order valence-electron chi connectivity index (χ3n) is 4.32. The Balaban J connectivity index is 1.78. The number of benzene rings is 1. The molecule has 0 aliphatic heterocycles. The topological polar surface area (TPSA) is 42.4 Å². The largest absolute Gasteiger partial charge is 0.497 e. The van der Waals surface area contributed by atoms with E-state index in [0.717, 1.165) is 29.8 Å². The number of anilines is 1. The van der Waals surface area contributed by atoms with Gasteiger partial charge >= 0.3 is 0 Å². The van der Waals surface area contributed by atoms with Crippen LogP contribution in [0.5, 0.6) is 5.75 Å². The molecule has 1 aliphatic carbocycles. The van der Waals surface area contributed by atoms with Gasteiger partial charge in [-0.15, -0.1) is 0 Å². The van der Waals surface area contributed by atoms with Crippen LogP contribution in [0.15, 0.2) is 60.9 Å². The van der Waals surface area contributed by atoms with Gasteiger partial charge in [-0.1, -0.05) is 24.3 Å². The highest BCUT2D eigenvalue weighted by Crippen LogP contribution is 2.25. The molecule has 0 saturated carbocycles. The number of methoxy groups -OCH3 is 1. The fourth-order valence-corrected chi connectivity index (χ4v) is 2.96. The number of amides is 1. The lowest BCUT2D eigenvalue weighted by atomic mass is 10.0. The summed E-state index contributed by atoms with van der Waals surface area (Å²) < 4.78 is 5.20. The van der Waals surface area contributed by atoms with E-state index in [1.54, 1.807) is 19.5 Å². The summed E-state index contributed by atoms with van der Waals surface area (Å²) in [5.74, 6) is 1.32. The monoisotopic (exact) mass is 322 g/mol. The first-order valence-corrected chi connectivity index (χ1v) is 8.26. The van der Waals surface area contributed by atoms with E-state index >= 15 is 0 Å². The van der Waals surface area contributed by atoms with Crippen molar-refractivity contribution in [2.75, 3.05) is 12.0 Å². The van der Waals surface area contributed by atoms with Crippen molar-refractivity contribution in [2.45, 2.75) is 25.8 Å². The highest BCUT2D eigenvalue weighted by Gasteiger charge is 2.21. The van der Waals surface area contributed by atoms with Crippen molar-refractivity contribution in [3.63, 3.8) is 0 Å². The van der Waals surface area contributed by atoms with Crippen LogP contribution in [0.25, 0.3) is 0 Å². The molecule has 1 aliphatic rings. The van der Waals surface area contributed by atoms with Crippen LogP contribution in [0.2, 0.25) is 0 Å². The van der Waals surface area contributed by atoms with Gasteiger partial charge in [0.05, 0.1) is 13.7 Å². The minimum atomic E-state index is 0.147. The van der Waals surface area contributed by atoms with Crippen molar-refractivity contribution in [3.05, 3.63) is 66.5 Å². The summed E-state index contributed by atoms with van der Waals surface area (Å²) in [7, 11) is 1.65. The van der Waals surface area contributed by atoms with Crippen LogP contribution in [0.3, 0.4) is 0 Å². The number of allylic oxidation sites excluding steroid dienone is 2. The summed E-state index contributed by atoms with van der Waals surface area (Å²) in [6.45, 7) is 0.545. The van der Waals surface area contributed by atoms with Gasteiger partial charge in [-0.25, -0.2) is 0 Å². The molecule has 2 aromatic rings. The van der Waals surface area contributed by atoms with E-state index in [1.165, 1.54) is 0 Å². The summed E-state index contributed by atoms with van der Waals surface area (Å²) in [6.07, 6.45) is 10.5. The maximum Gasteiger partial charge on any atom is 0.227 e. The van der Waals surface area contributed by atoms with Gasteiger partial charge in [-0.3, -0.25) is 9.78 Å². The molecule has 1 heterocycles. The van der Waals surface area contributed by atoms with Gasteiger partial charge in [0, 0.05) is 24.5 Å². The molecule has 1 unspecified atom stereocenters. The van der Waals surface area contributed by atoms with Gasteiger partial charge in [-0.05, 0) is 48.6 Å². The maximum atomic E-state index is 12.9. The number of carbonyl (C=O) groups excluding carboxylic acids is 1. The Hall–Kier alpha value is -2.62. The lowest BCUT2D eigenvalue weighted by molar-refractivity contribution is -0.119. The molecule has 0 radical (unpaired) electrons. The number of pyridine rings is 1. The van der Waals surface area contributed by atoms with Crippen molar-refractivity contribution in [3.8, 4) is 5.75 Å². The van der Waals surface area contributed by atoms with E-state index in [9.17, 15) is 4.79 Å². The molecule has 1 aromatic heterocycles. The average molecular weight is 322 g/mol. The van der Waals surface area contributed by atoms with Gasteiger partial charge < -0.3 is 9.64 Å². The number of rotatable bonds is 6. The third-order valence-corrected chi connectivity index (χ3v) is 4.32. The summed E-state index contributed by atoms with van der Waals surface area (Å²) in [5.41, 5.74) is 1.95. The Morgan fingerprint density at radius 3 is 2.58 bits per heavy atom. The lowest BCUT2D eigenvalue weighted by Gasteiger charge is -2.24. The van der Waals surface area contributed by atoms with Crippen molar-refractivity contribution in [2.24, 2.45) is 5.92 Å². The second-order valence-electron chi connectivity index (χ2n) is 6.00. The second-order valence-corrected chi connectivity index (χ2v) is 6.00. The summed E-state index contributed by atoms with van der Waals surface area (Å²) in [4.78, 5) is 18.8. The zero-order valence-electron chi connectivity index (χ0n) is 13.9. The highest BCUT2D eigenvalue weighted by molar-refractivity contribution is 5.93. The van der Waals surface area contributed by atoms with E-state index in [-0.39, 0.29) is 5.91 Å². The number of aromatic nitrogens is 1. The number of ether oxygens (including phenoxy) is 1. The van der Waals surface area contributed by atoms with Gasteiger partial charge in [0.1, 0.15) is 5.75 Å². The Bertz CT molecular complexity index is 695. The zero-order valence-corrected chi connectivity index (χ0v) is 13.9. The van der Waals surface area contributed by atoms with E-state index in [0.29, 0.717) is 18.9 Å². The van der Waals surface area contributed by atoms with E-state index < -0.39 is 0 Å². The molecule has 0 spiro atoms. The molecular weight excluding hydrogens is 300 g/mol. The third kappa shape index (κ3) is 4.02. The Morgan fingerprint density at radius 1 is 1.21 bits per heavy atom. The van der Waals surface area contributed by atoms with Crippen LogP contribution in [-0.2, 0) is 11.3 Å². The maximum absolute atomic E-state index is 12.9. The molecule has 24 heavy (non-hydrogen) atoms. The molecule has 1 aromatic carbocycles. The first kappa shape index (κ1) is 16.2. The predicted octanol–water partition coefficient (Wildman–Crippen LogP) is 3.98. The summed E-state index contributed by atoms with van der Waals surface area (Å²) in [6, 6.07) is 11.6. The average Bonchev–Trinajstić information content (AvgIpc) is 3.14. The predicted molar refractivity (Wildman–Crippen MR) is 94.9 cm³/mol. The SMILES string of the molecule is COc1ccc(CN(C(=O)CC2C=CCC2)c2ccncc2)cc1. The minimum absolute atomic E-state index is 0.147. The van der Waals surface area contributed by atoms with Crippen LogP contribution >= 0.6 is 0 Å². The number of hydrogen-bond acceptors (Lipinski definition) is 3. The van der Waals surface area contributed by atoms with Crippen molar-refractivity contribution in [1.29, 1.82) is 0 Å². The van der Waals surface area contributed by atoms with Crippen molar-refractivity contribution < 1.29 is 9.53 Å². The van der Waals surface area contributed by atoms with E-state index in [1.807, 2.05) is 41.3 Å². The standard InChI is InChI=1S/C20H22N2O2/c1-24-19-8-6-17(7-9-19)15-22(18-10-12-21-13-11-18)20(23)14-16-4-2-3-5-16/h2,4,6-13,16H,3,5,14-15H2,1H3. The fraction of sp³-hybridized carbons (Fsp3) is 0.300. The van der Waals surface area contributed by atoms with Gasteiger partial charge in [-0.2, -0.15) is 0 Å². The van der Waals surface area contributed by atoms with Crippen LogP contribution in [0.1, 0.15) is 24.8 Å². The van der Waals surface area contributed by atoms with Gasteiger partial charge in [0.2, 0.25) is 5.91 Å². The first-order chi connectivity index (χ1) is 11.8. The molecule has 0 N–H and O–H groups in total. The van der Waals surface area contributed by atoms with E-state index in [4.69, 9.17) is 4.74 Å². The van der Waals surface area contributed by atoms with Gasteiger partial charge in [0.25, 0.3) is 0 Å². The number of carbonyl (C=O) groups is 1. The fourth-order valence-electron chi connectivity index (χ4n) is 2.96. The molecule has 1 amide bonds. The number of nitrogens with zero attached hydrogens (tertiary/aromatic N) is 2. The summed E-state index contributed by atoms with van der Waals surface area (Å²) in [5, 5.41) is 0. The Labute approximate surface area is 142 Å². The first-order valence-electron chi connectivity index (χ1n) is 8.26. The van der Waals surface area contributed by atoms with Crippen molar-refractivity contribution in [1.82, 2.24) is 4.98 Å². The van der Waals surface area contributed by atoms with Crippen molar-refractivity contribution >= 4 is 11.6 Å². The molecule has 0 saturated heterocycles. The van der Waals surface area contributed by atoms with E-state index in [2.05, 4.69) is 17.1 Å². The van der Waals surface area contributed by atoms with Gasteiger partial charge in [0.15, 0.2) is 0 Å². The van der Waals surface area contributed by atoms with Crippen LogP contribution < -0.4 is 9.64 Å². The van der Waals surface area contributed by atoms with Crippen LogP contribution in [-0.4, -0.2) is 18.0 Å². The molecule has 1 atom stereocenters. The Kier molecular flexibility index (Phi) is 5.26. The quantitative estimate of drug-likeness (QED) is 0.756. The molecule has 0 fully saturated rings. The minimum Gasteiger partial charge on any atom is -0.497 e. The smallest absolute Gasteiger partial charge is 0.227 e. The lowest BCUT2D eigenvalue weighted by Crippen LogP contribution is -2.31. The molecule has 4 nitrogen and oxygen atoms in total. The normalized spacial score (nSPS) is 16.1. The second kappa shape index (κ2) is 7.77. The highest BCUT2D eigenvalue weighted by atomic mass is 16.5. The molecule has 3 rings (SSSR count). The van der Waals surface area contributed by atoms with Crippen LogP contribution in [0.4, 0.5) is 5.69 Å².